The van der Waals surface area contributed by atoms with Crippen LogP contribution >= 0.6 is 0 Å². The molecule has 0 amide bonds. The molecule has 0 saturated carbocycles. The minimum atomic E-state index is -4.49. The van der Waals surface area contributed by atoms with E-state index in [0.29, 0.717) is 6.54 Å². The second kappa shape index (κ2) is 4.68. The molecule has 0 aliphatic carbocycles. The fourth-order valence-corrected chi connectivity index (χ4v) is 2.12. The van der Waals surface area contributed by atoms with Gasteiger partial charge in [0, 0.05) is 18.8 Å². The average Bonchev–Trinajstić information content (AvgIpc) is 2.62. The largest absolute Gasteiger partial charge is 0.488 e. The lowest BCUT2D eigenvalue weighted by Crippen LogP contribution is -2.23. The van der Waals surface area contributed by atoms with Gasteiger partial charge in [-0.1, -0.05) is 6.07 Å². The SMILES string of the molecule is CN1CC[C@@H](Oc2cccc(N)c2C(F)(F)F)C1. The summed E-state index contributed by atoms with van der Waals surface area (Å²) in [6, 6.07) is 4.02. The van der Waals surface area contributed by atoms with Gasteiger partial charge >= 0.3 is 6.18 Å². The molecule has 1 heterocycles. The Morgan fingerprint density at radius 2 is 2.11 bits per heavy atom. The van der Waals surface area contributed by atoms with Crippen molar-refractivity contribution in [3.8, 4) is 5.75 Å². The van der Waals surface area contributed by atoms with Crippen molar-refractivity contribution < 1.29 is 17.9 Å². The molecule has 0 aromatic heterocycles. The van der Waals surface area contributed by atoms with Gasteiger partial charge in [-0.2, -0.15) is 13.2 Å². The molecule has 1 aliphatic rings. The Morgan fingerprint density at radius 1 is 1.39 bits per heavy atom. The van der Waals surface area contributed by atoms with Crippen LogP contribution in [0.5, 0.6) is 5.75 Å². The summed E-state index contributed by atoms with van der Waals surface area (Å²) in [4.78, 5) is 2.02. The third kappa shape index (κ3) is 2.69. The number of nitrogens with two attached hydrogens (primary N) is 1. The summed E-state index contributed by atoms with van der Waals surface area (Å²) in [6.45, 7) is 1.46. The molecule has 0 radical (unpaired) electrons. The predicted octanol–water partition coefficient (Wildman–Crippen LogP) is 2.37. The van der Waals surface area contributed by atoms with Gasteiger partial charge in [0.2, 0.25) is 0 Å². The Morgan fingerprint density at radius 3 is 2.67 bits per heavy atom. The van der Waals surface area contributed by atoms with E-state index in [1.54, 1.807) is 0 Å². The van der Waals surface area contributed by atoms with E-state index in [1.807, 2.05) is 11.9 Å². The summed E-state index contributed by atoms with van der Waals surface area (Å²) in [7, 11) is 1.91. The highest BCUT2D eigenvalue weighted by Crippen LogP contribution is 2.40. The van der Waals surface area contributed by atoms with Crippen LogP contribution < -0.4 is 10.5 Å². The molecule has 0 unspecified atom stereocenters. The molecule has 2 rings (SSSR count). The normalized spacial score (nSPS) is 21.2. The maximum atomic E-state index is 12.9. The fraction of sp³-hybridized carbons (Fsp3) is 0.500. The van der Waals surface area contributed by atoms with Gasteiger partial charge in [-0.3, -0.25) is 0 Å². The fourth-order valence-electron chi connectivity index (χ4n) is 2.12. The quantitative estimate of drug-likeness (QED) is 0.830. The molecule has 18 heavy (non-hydrogen) atoms. The van der Waals surface area contributed by atoms with Crippen LogP contribution in [0.1, 0.15) is 12.0 Å². The maximum absolute atomic E-state index is 12.9. The zero-order chi connectivity index (χ0) is 13.3. The molecule has 1 saturated heterocycles. The number of benzene rings is 1. The molecule has 1 fully saturated rings. The molecule has 100 valence electrons. The summed E-state index contributed by atoms with van der Waals surface area (Å²) in [6.07, 6.45) is -3.98. The van der Waals surface area contributed by atoms with Gasteiger partial charge in [-0.05, 0) is 25.6 Å². The van der Waals surface area contributed by atoms with E-state index in [0.717, 1.165) is 13.0 Å². The Bertz CT molecular complexity index is 434. The number of hydrogen-bond acceptors (Lipinski definition) is 3. The van der Waals surface area contributed by atoms with Crippen molar-refractivity contribution in [2.24, 2.45) is 0 Å². The van der Waals surface area contributed by atoms with Crippen molar-refractivity contribution in [3.05, 3.63) is 23.8 Å². The smallest absolute Gasteiger partial charge is 0.421 e. The Labute approximate surface area is 103 Å². The van der Waals surface area contributed by atoms with E-state index < -0.39 is 11.7 Å². The molecule has 1 aromatic carbocycles. The van der Waals surface area contributed by atoms with Crippen molar-refractivity contribution >= 4 is 5.69 Å². The highest BCUT2D eigenvalue weighted by molar-refractivity contribution is 5.55. The molecule has 6 heteroatoms. The minimum absolute atomic E-state index is 0.178. The predicted molar refractivity (Wildman–Crippen MR) is 62.4 cm³/mol. The molecule has 2 N–H and O–H groups in total. The number of likely N-dealkylation sites (N-methyl/N-ethyl adjacent to an activating group) is 1. The molecule has 1 aromatic rings. The molecule has 0 bridgehead atoms. The number of ether oxygens (including phenoxy) is 1. The summed E-state index contributed by atoms with van der Waals surface area (Å²) < 4.78 is 44.1. The molecule has 0 spiro atoms. The average molecular weight is 260 g/mol. The van der Waals surface area contributed by atoms with Gasteiger partial charge in [0.25, 0.3) is 0 Å². The molecule has 1 atom stereocenters. The van der Waals surface area contributed by atoms with Crippen LogP contribution in [0.3, 0.4) is 0 Å². The molecular weight excluding hydrogens is 245 g/mol. The maximum Gasteiger partial charge on any atom is 0.421 e. The monoisotopic (exact) mass is 260 g/mol. The summed E-state index contributed by atoms with van der Waals surface area (Å²) in [5, 5.41) is 0. The summed E-state index contributed by atoms with van der Waals surface area (Å²) >= 11 is 0. The van der Waals surface area contributed by atoms with Crippen molar-refractivity contribution in [1.82, 2.24) is 4.90 Å². The van der Waals surface area contributed by atoms with Crippen LogP contribution in [-0.2, 0) is 6.18 Å². The van der Waals surface area contributed by atoms with Crippen LogP contribution in [0.2, 0.25) is 0 Å². The van der Waals surface area contributed by atoms with Gasteiger partial charge < -0.3 is 15.4 Å². The summed E-state index contributed by atoms with van der Waals surface area (Å²) in [5.74, 6) is -0.178. The van der Waals surface area contributed by atoms with Gasteiger partial charge in [0.15, 0.2) is 0 Å². The number of nitrogens with zero attached hydrogens (tertiary/aromatic N) is 1. The number of nitrogen functional groups attached to an aromatic ring is 1. The lowest BCUT2D eigenvalue weighted by Gasteiger charge is -2.19. The Balaban J connectivity index is 2.25. The lowest BCUT2D eigenvalue weighted by molar-refractivity contribution is -0.138. The molecule has 3 nitrogen and oxygen atoms in total. The van der Waals surface area contributed by atoms with E-state index in [1.165, 1.54) is 18.2 Å². The highest BCUT2D eigenvalue weighted by Gasteiger charge is 2.37. The van der Waals surface area contributed by atoms with Gasteiger partial charge in [0.05, 0.1) is 0 Å². The third-order valence-corrected chi connectivity index (χ3v) is 2.98. The van der Waals surface area contributed by atoms with Gasteiger partial charge in [-0.25, -0.2) is 0 Å². The van der Waals surface area contributed by atoms with Crippen molar-refractivity contribution in [2.45, 2.75) is 18.7 Å². The van der Waals surface area contributed by atoms with Gasteiger partial charge in [0.1, 0.15) is 17.4 Å². The van der Waals surface area contributed by atoms with Gasteiger partial charge in [-0.15, -0.1) is 0 Å². The van der Waals surface area contributed by atoms with Crippen LogP contribution in [0.4, 0.5) is 18.9 Å². The van der Waals surface area contributed by atoms with E-state index >= 15 is 0 Å². The molecule has 1 aliphatic heterocycles. The number of likely N-dealkylation sites (tertiary alicyclic amines) is 1. The number of halogens is 3. The molecular formula is C12H15F3N2O. The Hall–Kier alpha value is -1.43. The van der Waals surface area contributed by atoms with Crippen LogP contribution in [0.15, 0.2) is 18.2 Å². The third-order valence-electron chi connectivity index (χ3n) is 2.98. The first kappa shape index (κ1) is 13.0. The summed E-state index contributed by atoms with van der Waals surface area (Å²) in [5.41, 5.74) is 4.22. The van der Waals surface area contributed by atoms with Crippen molar-refractivity contribution in [1.29, 1.82) is 0 Å². The number of rotatable bonds is 2. The van der Waals surface area contributed by atoms with Crippen LogP contribution in [-0.4, -0.2) is 31.1 Å². The Kier molecular flexibility index (Phi) is 3.38. The first-order valence-corrected chi connectivity index (χ1v) is 5.69. The van der Waals surface area contributed by atoms with Crippen molar-refractivity contribution in [3.63, 3.8) is 0 Å². The first-order chi connectivity index (χ1) is 8.38. The zero-order valence-corrected chi connectivity index (χ0v) is 10.00. The van der Waals surface area contributed by atoms with Crippen LogP contribution in [0, 0.1) is 0 Å². The lowest BCUT2D eigenvalue weighted by atomic mass is 10.1. The first-order valence-electron chi connectivity index (χ1n) is 5.69. The zero-order valence-electron chi connectivity index (χ0n) is 10.00. The van der Waals surface area contributed by atoms with Crippen molar-refractivity contribution in [2.75, 3.05) is 25.9 Å². The highest BCUT2D eigenvalue weighted by atomic mass is 19.4. The van der Waals surface area contributed by atoms with Crippen LogP contribution in [0.25, 0.3) is 0 Å². The standard InChI is InChI=1S/C12H15F3N2O/c1-17-6-5-8(7-17)18-10-4-2-3-9(16)11(10)12(13,14)15/h2-4,8H,5-7,16H2,1H3/t8-/m1/s1. The topological polar surface area (TPSA) is 38.5 Å². The second-order valence-corrected chi connectivity index (χ2v) is 4.51. The van der Waals surface area contributed by atoms with E-state index in [4.69, 9.17) is 10.5 Å². The number of anilines is 1. The second-order valence-electron chi connectivity index (χ2n) is 4.51. The minimum Gasteiger partial charge on any atom is -0.488 e. The van der Waals surface area contributed by atoms with E-state index in [-0.39, 0.29) is 17.5 Å². The van der Waals surface area contributed by atoms with E-state index in [2.05, 4.69) is 0 Å². The number of hydrogen-bond donors (Lipinski definition) is 1. The number of alkyl halides is 3. The van der Waals surface area contributed by atoms with E-state index in [9.17, 15) is 13.2 Å².